The van der Waals surface area contributed by atoms with Gasteiger partial charge < -0.3 is 25.4 Å². The summed E-state index contributed by atoms with van der Waals surface area (Å²) in [7, 11) is -4.50. The van der Waals surface area contributed by atoms with Crippen molar-refractivity contribution in [1.82, 2.24) is 4.72 Å². The maximum absolute atomic E-state index is 12.0. The van der Waals surface area contributed by atoms with Gasteiger partial charge in [-0.05, 0) is 24.5 Å². The summed E-state index contributed by atoms with van der Waals surface area (Å²) in [5.74, 6) is -0.830. The molecule has 13 heteroatoms. The van der Waals surface area contributed by atoms with Crippen LogP contribution >= 0.6 is 0 Å². The Morgan fingerprint density at radius 2 is 1.79 bits per heavy atom. The molecule has 1 aromatic rings. The molecule has 1 aliphatic heterocycles. The number of amides is 2. The molecule has 2 rings (SSSR count). The van der Waals surface area contributed by atoms with E-state index in [1.165, 1.54) is 0 Å². The summed E-state index contributed by atoms with van der Waals surface area (Å²) >= 11 is 0. The zero-order chi connectivity index (χ0) is 24.6. The second-order valence-electron chi connectivity index (χ2n) is 8.05. The zero-order valence-electron chi connectivity index (χ0n) is 18.4. The molecule has 0 aromatic heterocycles. The topological polar surface area (TPSA) is 187 Å². The molecule has 1 aliphatic rings. The van der Waals surface area contributed by atoms with Gasteiger partial charge in [-0.1, -0.05) is 32.0 Å². The third-order valence-electron chi connectivity index (χ3n) is 4.79. The smallest absolute Gasteiger partial charge is 0.411 e. The number of nitrogens with one attached hydrogen (secondary N) is 2. The highest BCUT2D eigenvalue weighted by Crippen LogP contribution is 2.24. The Kier molecular flexibility index (Phi) is 10.0. The van der Waals surface area contributed by atoms with E-state index in [0.29, 0.717) is 5.69 Å². The van der Waals surface area contributed by atoms with Crippen molar-refractivity contribution in [2.75, 3.05) is 18.5 Å². The highest BCUT2D eigenvalue weighted by atomic mass is 32.2. The van der Waals surface area contributed by atoms with Crippen LogP contribution in [0.3, 0.4) is 0 Å². The summed E-state index contributed by atoms with van der Waals surface area (Å²) in [6.45, 7) is 2.90. The van der Waals surface area contributed by atoms with Crippen LogP contribution in [0.5, 0.6) is 0 Å². The Morgan fingerprint density at radius 3 is 2.42 bits per heavy atom. The van der Waals surface area contributed by atoms with Crippen LogP contribution in [0.1, 0.15) is 26.7 Å². The van der Waals surface area contributed by atoms with Gasteiger partial charge in [0.1, 0.15) is 18.3 Å². The number of nitrogens with two attached hydrogens (primary N) is 1. The van der Waals surface area contributed by atoms with E-state index in [4.69, 9.17) is 19.4 Å². The molecule has 12 nitrogen and oxygen atoms in total. The number of benzene rings is 1. The highest BCUT2D eigenvalue weighted by molar-refractivity contribution is 7.85. The SMILES string of the molecule is CC(C)CC(N)C(=O)NS(=O)(=O)OCC1OC(CCOC(=O)Nc2ccccc2)C(O)C1O. The van der Waals surface area contributed by atoms with Crippen LogP contribution in [0.2, 0.25) is 0 Å². The fourth-order valence-corrected chi connectivity index (χ4v) is 3.92. The maximum atomic E-state index is 12.0. The number of ether oxygens (including phenoxy) is 2. The minimum atomic E-state index is -4.50. The summed E-state index contributed by atoms with van der Waals surface area (Å²) in [4.78, 5) is 23.7. The molecular formula is C20H31N3O9S. The molecule has 0 saturated carbocycles. The van der Waals surface area contributed by atoms with Gasteiger partial charge in [-0.25, -0.2) is 9.52 Å². The van der Waals surface area contributed by atoms with Gasteiger partial charge in [0, 0.05) is 12.1 Å². The fraction of sp³-hybridized carbons (Fsp3) is 0.600. The summed E-state index contributed by atoms with van der Waals surface area (Å²) < 4.78 is 40.9. The van der Waals surface area contributed by atoms with Gasteiger partial charge in [0.05, 0.1) is 25.4 Å². The van der Waals surface area contributed by atoms with Crippen molar-refractivity contribution in [2.45, 2.75) is 57.1 Å². The van der Waals surface area contributed by atoms with Gasteiger partial charge in [-0.2, -0.15) is 8.42 Å². The number of carbonyl (C=O) groups is 2. The average Bonchev–Trinajstić information content (AvgIpc) is 3.00. The van der Waals surface area contributed by atoms with Crippen LogP contribution < -0.4 is 15.8 Å². The van der Waals surface area contributed by atoms with Crippen LogP contribution in [-0.4, -0.2) is 74.3 Å². The van der Waals surface area contributed by atoms with Crippen molar-refractivity contribution in [3.8, 4) is 0 Å². The van der Waals surface area contributed by atoms with Gasteiger partial charge in [0.2, 0.25) is 0 Å². The summed E-state index contributed by atoms with van der Waals surface area (Å²) in [5, 5.41) is 22.8. The Hall–Kier alpha value is -2.29. The van der Waals surface area contributed by atoms with Crippen molar-refractivity contribution in [3.05, 3.63) is 30.3 Å². The first-order chi connectivity index (χ1) is 15.5. The average molecular weight is 490 g/mol. The predicted molar refractivity (Wildman–Crippen MR) is 117 cm³/mol. The van der Waals surface area contributed by atoms with Crippen LogP contribution in [0, 0.1) is 5.92 Å². The van der Waals surface area contributed by atoms with Crippen molar-refractivity contribution in [2.24, 2.45) is 11.7 Å². The molecule has 1 aromatic carbocycles. The monoisotopic (exact) mass is 489 g/mol. The molecule has 0 spiro atoms. The molecule has 0 bridgehead atoms. The molecular weight excluding hydrogens is 458 g/mol. The number of anilines is 1. The normalized spacial score (nSPS) is 23.8. The number of aliphatic hydroxyl groups excluding tert-OH is 2. The van der Waals surface area contributed by atoms with Crippen LogP contribution in [0.25, 0.3) is 0 Å². The lowest BCUT2D eigenvalue weighted by Crippen LogP contribution is -2.45. The zero-order valence-corrected chi connectivity index (χ0v) is 19.2. The number of rotatable bonds is 11. The van der Waals surface area contributed by atoms with Crippen molar-refractivity contribution < 1.29 is 41.9 Å². The molecule has 1 saturated heterocycles. The maximum Gasteiger partial charge on any atom is 0.411 e. The highest BCUT2D eigenvalue weighted by Gasteiger charge is 2.43. The predicted octanol–water partition coefficient (Wildman–Crippen LogP) is -0.135. The van der Waals surface area contributed by atoms with Crippen LogP contribution in [-0.2, 0) is 28.8 Å². The van der Waals surface area contributed by atoms with Gasteiger partial charge in [0.15, 0.2) is 0 Å². The molecule has 1 heterocycles. The first-order valence-corrected chi connectivity index (χ1v) is 11.9. The van der Waals surface area contributed by atoms with Gasteiger partial charge in [-0.3, -0.25) is 14.3 Å². The van der Waals surface area contributed by atoms with Crippen LogP contribution in [0.15, 0.2) is 30.3 Å². The van der Waals surface area contributed by atoms with E-state index < -0.39 is 59.4 Å². The van der Waals surface area contributed by atoms with Gasteiger partial charge >= 0.3 is 16.4 Å². The number of para-hydroxylation sites is 1. The van der Waals surface area contributed by atoms with Gasteiger partial charge in [0.25, 0.3) is 5.91 Å². The Balaban J connectivity index is 1.76. The number of aliphatic hydroxyl groups is 2. The molecule has 33 heavy (non-hydrogen) atoms. The fourth-order valence-electron chi connectivity index (χ4n) is 3.15. The quantitative estimate of drug-likeness (QED) is 0.280. The molecule has 5 unspecified atom stereocenters. The Morgan fingerprint density at radius 1 is 1.15 bits per heavy atom. The third-order valence-corrected chi connectivity index (χ3v) is 5.69. The first-order valence-electron chi connectivity index (χ1n) is 10.5. The van der Waals surface area contributed by atoms with E-state index in [9.17, 15) is 28.2 Å². The van der Waals surface area contributed by atoms with Gasteiger partial charge in [-0.15, -0.1) is 0 Å². The lowest BCUT2D eigenvalue weighted by Gasteiger charge is -2.17. The van der Waals surface area contributed by atoms with Crippen molar-refractivity contribution in [1.29, 1.82) is 0 Å². The summed E-state index contributed by atoms with van der Waals surface area (Å²) in [6, 6.07) is 7.62. The second-order valence-corrected chi connectivity index (χ2v) is 9.40. The minimum absolute atomic E-state index is 0.0461. The van der Waals surface area contributed by atoms with E-state index >= 15 is 0 Å². The molecule has 6 N–H and O–H groups in total. The molecule has 0 radical (unpaired) electrons. The molecule has 2 amide bonds. The Bertz CT molecular complexity index is 882. The summed E-state index contributed by atoms with van der Waals surface area (Å²) in [6.07, 6.45) is -5.27. The van der Waals surface area contributed by atoms with E-state index in [0.717, 1.165) is 0 Å². The van der Waals surface area contributed by atoms with E-state index in [1.54, 1.807) is 35.1 Å². The molecule has 186 valence electrons. The van der Waals surface area contributed by atoms with E-state index in [1.807, 2.05) is 13.8 Å². The molecule has 5 atom stereocenters. The standard InChI is InChI=1S/C20H31N3O9S/c1-12(2)10-14(21)19(26)23-33(28,29)31-11-16-18(25)17(24)15(32-16)8-9-30-20(27)22-13-6-4-3-5-7-13/h3-7,12,14-18,24-25H,8-11,21H2,1-2H3,(H,22,27)(H,23,26). The lowest BCUT2D eigenvalue weighted by atomic mass is 10.0. The number of carbonyl (C=O) groups excluding carboxylic acids is 2. The van der Waals surface area contributed by atoms with E-state index in [2.05, 4.69) is 5.32 Å². The molecule has 1 fully saturated rings. The number of hydrogen-bond acceptors (Lipinski definition) is 10. The Labute approximate surface area is 192 Å². The second kappa shape index (κ2) is 12.3. The lowest BCUT2D eigenvalue weighted by molar-refractivity contribution is -0.121. The van der Waals surface area contributed by atoms with Crippen LogP contribution in [0.4, 0.5) is 10.5 Å². The largest absolute Gasteiger partial charge is 0.449 e. The van der Waals surface area contributed by atoms with Crippen molar-refractivity contribution >= 4 is 28.0 Å². The number of hydrogen-bond donors (Lipinski definition) is 5. The van der Waals surface area contributed by atoms with Crippen molar-refractivity contribution in [3.63, 3.8) is 0 Å². The first kappa shape index (κ1) is 27.0. The summed E-state index contributed by atoms with van der Waals surface area (Å²) in [5.41, 5.74) is 6.19. The van der Waals surface area contributed by atoms with E-state index in [-0.39, 0.29) is 25.4 Å². The minimum Gasteiger partial charge on any atom is -0.449 e. The third kappa shape index (κ3) is 8.87. The molecule has 0 aliphatic carbocycles.